The lowest BCUT2D eigenvalue weighted by Gasteiger charge is -2.38. The van der Waals surface area contributed by atoms with E-state index in [1.807, 2.05) is 51.1 Å². The molecule has 2 rings (SSSR count). The normalized spacial score (nSPS) is 20.6. The number of hydrogen-bond acceptors (Lipinski definition) is 5. The van der Waals surface area contributed by atoms with E-state index in [0.29, 0.717) is 6.61 Å². The number of amides is 1. The van der Waals surface area contributed by atoms with Crippen LogP contribution in [0.2, 0.25) is 0 Å². The van der Waals surface area contributed by atoms with Crippen molar-refractivity contribution in [3.63, 3.8) is 0 Å². The zero-order valence-corrected chi connectivity index (χ0v) is 15.7. The molecular formula is C19H27NO5. The smallest absolute Gasteiger partial charge is 0.413 e. The van der Waals surface area contributed by atoms with Crippen molar-refractivity contribution in [1.29, 1.82) is 0 Å². The molecule has 1 saturated heterocycles. The van der Waals surface area contributed by atoms with Crippen molar-refractivity contribution in [3.8, 4) is 0 Å². The summed E-state index contributed by atoms with van der Waals surface area (Å²) in [5.74, 6) is -0.923. The molecule has 1 aromatic carbocycles. The fourth-order valence-electron chi connectivity index (χ4n) is 3.24. The molecule has 0 radical (unpaired) electrons. The number of ether oxygens (including phenoxy) is 3. The second kappa shape index (κ2) is 7.04. The third kappa shape index (κ3) is 3.95. The molecule has 138 valence electrons. The molecule has 1 heterocycles. The van der Waals surface area contributed by atoms with Crippen LogP contribution in [-0.2, 0) is 19.0 Å². The van der Waals surface area contributed by atoms with Crippen molar-refractivity contribution in [1.82, 2.24) is 4.90 Å². The van der Waals surface area contributed by atoms with Crippen molar-refractivity contribution in [2.45, 2.75) is 57.9 Å². The molecule has 0 spiro atoms. The molecule has 1 aliphatic rings. The second-order valence-electron chi connectivity index (χ2n) is 7.41. The Morgan fingerprint density at radius 3 is 2.24 bits per heavy atom. The van der Waals surface area contributed by atoms with Crippen molar-refractivity contribution in [2.24, 2.45) is 0 Å². The molecule has 2 atom stereocenters. The highest BCUT2D eigenvalue weighted by molar-refractivity contribution is 5.80. The molecule has 1 aromatic rings. The summed E-state index contributed by atoms with van der Waals surface area (Å²) in [6.07, 6.45) is -1.63. The molecule has 0 unspecified atom stereocenters. The summed E-state index contributed by atoms with van der Waals surface area (Å²) in [5, 5.41) is 0. The van der Waals surface area contributed by atoms with Gasteiger partial charge in [0, 0.05) is 5.92 Å². The average Bonchev–Trinajstić information content (AvgIpc) is 2.80. The van der Waals surface area contributed by atoms with Crippen LogP contribution < -0.4 is 0 Å². The number of carbonyl (C=O) groups is 2. The number of rotatable bonds is 4. The lowest BCUT2D eigenvalue weighted by molar-refractivity contribution is -0.153. The quantitative estimate of drug-likeness (QED) is 0.780. The minimum Gasteiger partial charge on any atom is -0.466 e. The summed E-state index contributed by atoms with van der Waals surface area (Å²) >= 11 is 0. The van der Waals surface area contributed by atoms with Gasteiger partial charge in [0.05, 0.1) is 19.3 Å². The summed E-state index contributed by atoms with van der Waals surface area (Å²) in [6, 6.07) is 9.43. The van der Waals surface area contributed by atoms with E-state index in [1.165, 1.54) is 12.0 Å². The molecule has 1 aliphatic heterocycles. The van der Waals surface area contributed by atoms with Crippen LogP contribution in [0.4, 0.5) is 4.79 Å². The Morgan fingerprint density at radius 2 is 1.76 bits per heavy atom. The number of hydrogen-bond donors (Lipinski definition) is 0. The minimum absolute atomic E-state index is 0.340. The maximum atomic E-state index is 12.9. The Bertz CT molecular complexity index is 610. The molecule has 1 amide bonds. The van der Waals surface area contributed by atoms with Crippen LogP contribution in [0, 0.1) is 0 Å². The van der Waals surface area contributed by atoms with Gasteiger partial charge in [-0.15, -0.1) is 0 Å². The predicted molar refractivity (Wildman–Crippen MR) is 93.1 cm³/mol. The molecule has 25 heavy (non-hydrogen) atoms. The molecule has 0 bridgehead atoms. The lowest BCUT2D eigenvalue weighted by Crippen LogP contribution is -2.54. The van der Waals surface area contributed by atoms with Crippen LogP contribution >= 0.6 is 0 Å². The standard InChI is InChI=1S/C19H27NO5/c1-13(14-10-8-7-9-11-14)15(16(21)23-6)25-17(22)20-18(2,3)12-24-19(20,4)5/h7-11,13,15H,12H2,1-6H3/t13-,15+/m1/s1. The fraction of sp³-hybridized carbons (Fsp3) is 0.579. The van der Waals surface area contributed by atoms with Crippen LogP contribution in [0.3, 0.4) is 0 Å². The van der Waals surface area contributed by atoms with Gasteiger partial charge >= 0.3 is 12.1 Å². The third-order valence-corrected chi connectivity index (χ3v) is 4.55. The first-order chi connectivity index (χ1) is 11.6. The Labute approximate surface area is 149 Å². The summed E-state index contributed by atoms with van der Waals surface area (Å²) in [5.41, 5.74) is -0.448. The third-order valence-electron chi connectivity index (χ3n) is 4.55. The van der Waals surface area contributed by atoms with Gasteiger partial charge in [-0.25, -0.2) is 9.59 Å². The van der Waals surface area contributed by atoms with Crippen LogP contribution in [0.5, 0.6) is 0 Å². The summed E-state index contributed by atoms with van der Waals surface area (Å²) in [6.45, 7) is 9.63. The Hall–Kier alpha value is -2.08. The average molecular weight is 349 g/mol. The first-order valence-corrected chi connectivity index (χ1v) is 8.38. The van der Waals surface area contributed by atoms with Crippen LogP contribution in [-0.4, -0.2) is 48.0 Å². The topological polar surface area (TPSA) is 65.1 Å². The zero-order chi connectivity index (χ0) is 18.8. The second-order valence-corrected chi connectivity index (χ2v) is 7.41. The van der Waals surface area contributed by atoms with Crippen LogP contribution in [0.1, 0.15) is 46.1 Å². The van der Waals surface area contributed by atoms with Crippen molar-refractivity contribution in [2.75, 3.05) is 13.7 Å². The highest BCUT2D eigenvalue weighted by Crippen LogP contribution is 2.36. The molecular weight excluding hydrogens is 322 g/mol. The van der Waals surface area contributed by atoms with E-state index < -0.39 is 29.4 Å². The summed E-state index contributed by atoms with van der Waals surface area (Å²) in [7, 11) is 1.29. The monoisotopic (exact) mass is 349 g/mol. The van der Waals surface area contributed by atoms with Gasteiger partial charge in [-0.1, -0.05) is 37.3 Å². The van der Waals surface area contributed by atoms with Crippen molar-refractivity contribution < 1.29 is 23.8 Å². The predicted octanol–water partition coefficient (Wildman–Crippen LogP) is 3.32. The van der Waals surface area contributed by atoms with Crippen molar-refractivity contribution in [3.05, 3.63) is 35.9 Å². The Balaban J connectivity index is 2.25. The number of benzene rings is 1. The van der Waals surface area contributed by atoms with Gasteiger partial charge in [0.25, 0.3) is 0 Å². The van der Waals surface area contributed by atoms with E-state index in [9.17, 15) is 9.59 Å². The van der Waals surface area contributed by atoms with Gasteiger partial charge < -0.3 is 14.2 Å². The molecule has 0 N–H and O–H groups in total. The fourth-order valence-corrected chi connectivity index (χ4v) is 3.24. The maximum absolute atomic E-state index is 12.9. The Morgan fingerprint density at radius 1 is 1.16 bits per heavy atom. The molecule has 0 saturated carbocycles. The highest BCUT2D eigenvalue weighted by Gasteiger charge is 2.50. The lowest BCUT2D eigenvalue weighted by atomic mass is 9.95. The van der Waals surface area contributed by atoms with E-state index in [-0.39, 0.29) is 5.92 Å². The molecule has 1 fully saturated rings. The number of methoxy groups -OCH3 is 1. The zero-order valence-electron chi connectivity index (χ0n) is 15.7. The van der Waals surface area contributed by atoms with E-state index in [2.05, 4.69) is 0 Å². The first kappa shape index (κ1) is 19.2. The van der Waals surface area contributed by atoms with E-state index in [4.69, 9.17) is 14.2 Å². The molecule has 0 aromatic heterocycles. The number of nitrogens with zero attached hydrogens (tertiary/aromatic N) is 1. The first-order valence-electron chi connectivity index (χ1n) is 8.38. The van der Waals surface area contributed by atoms with Gasteiger partial charge in [0.15, 0.2) is 0 Å². The number of esters is 1. The minimum atomic E-state index is -1.04. The molecule has 6 nitrogen and oxygen atoms in total. The van der Waals surface area contributed by atoms with Gasteiger partial charge in [-0.3, -0.25) is 4.90 Å². The van der Waals surface area contributed by atoms with Gasteiger partial charge in [0.1, 0.15) is 5.72 Å². The van der Waals surface area contributed by atoms with Crippen LogP contribution in [0.15, 0.2) is 30.3 Å². The van der Waals surface area contributed by atoms with Gasteiger partial charge in [0.2, 0.25) is 6.10 Å². The maximum Gasteiger partial charge on any atom is 0.413 e. The molecule has 6 heteroatoms. The van der Waals surface area contributed by atoms with Gasteiger partial charge in [-0.2, -0.15) is 0 Å². The summed E-state index contributed by atoms with van der Waals surface area (Å²) in [4.78, 5) is 26.6. The van der Waals surface area contributed by atoms with Crippen LogP contribution in [0.25, 0.3) is 0 Å². The van der Waals surface area contributed by atoms with E-state index in [0.717, 1.165) is 5.56 Å². The highest BCUT2D eigenvalue weighted by atomic mass is 16.6. The SMILES string of the molecule is COC(=O)[C@@H](OC(=O)N1C(C)(C)COC1(C)C)[C@H](C)c1ccccc1. The largest absolute Gasteiger partial charge is 0.466 e. The summed E-state index contributed by atoms with van der Waals surface area (Å²) < 4.78 is 16.2. The van der Waals surface area contributed by atoms with E-state index >= 15 is 0 Å². The Kier molecular flexibility index (Phi) is 5.42. The number of carbonyl (C=O) groups excluding carboxylic acids is 2. The van der Waals surface area contributed by atoms with Crippen molar-refractivity contribution >= 4 is 12.1 Å². The van der Waals surface area contributed by atoms with E-state index in [1.54, 1.807) is 13.8 Å². The molecule has 0 aliphatic carbocycles. The van der Waals surface area contributed by atoms with Gasteiger partial charge in [-0.05, 0) is 33.3 Å².